The van der Waals surface area contributed by atoms with E-state index >= 15 is 0 Å². The van der Waals surface area contributed by atoms with E-state index in [0.717, 1.165) is 22.7 Å². The summed E-state index contributed by atoms with van der Waals surface area (Å²) in [6, 6.07) is 7.91. The van der Waals surface area contributed by atoms with Crippen LogP contribution < -0.4 is 0 Å². The van der Waals surface area contributed by atoms with E-state index in [4.69, 9.17) is 4.52 Å². The number of amides is 1. The van der Waals surface area contributed by atoms with Crippen molar-refractivity contribution >= 4 is 28.6 Å². The molecule has 1 saturated heterocycles. The lowest BCUT2D eigenvalue weighted by molar-refractivity contribution is -0.129. The van der Waals surface area contributed by atoms with Gasteiger partial charge in [-0.3, -0.25) is 4.79 Å². The lowest BCUT2D eigenvalue weighted by Crippen LogP contribution is -2.29. The first-order valence-electron chi connectivity index (χ1n) is 7.47. The van der Waals surface area contributed by atoms with E-state index in [1.165, 1.54) is 0 Å². The van der Waals surface area contributed by atoms with Crippen molar-refractivity contribution in [1.29, 1.82) is 0 Å². The molecule has 1 atom stereocenters. The number of thiophene rings is 2. The lowest BCUT2D eigenvalue weighted by atomic mass is 10.1. The summed E-state index contributed by atoms with van der Waals surface area (Å²) in [7, 11) is 0. The van der Waals surface area contributed by atoms with Gasteiger partial charge in [-0.1, -0.05) is 17.3 Å². The van der Waals surface area contributed by atoms with Gasteiger partial charge in [0.2, 0.25) is 5.91 Å². The van der Waals surface area contributed by atoms with E-state index in [1.807, 2.05) is 39.9 Å². The summed E-state index contributed by atoms with van der Waals surface area (Å²) >= 11 is 3.20. The van der Waals surface area contributed by atoms with Crippen molar-refractivity contribution in [3.8, 4) is 10.8 Å². The van der Waals surface area contributed by atoms with E-state index in [0.29, 0.717) is 24.7 Å². The molecule has 0 radical (unpaired) electrons. The maximum absolute atomic E-state index is 12.4. The van der Waals surface area contributed by atoms with E-state index in [1.54, 1.807) is 22.7 Å². The quantitative estimate of drug-likeness (QED) is 0.727. The summed E-state index contributed by atoms with van der Waals surface area (Å²) in [5, 5.41) is 8.09. The van der Waals surface area contributed by atoms with Crippen molar-refractivity contribution in [1.82, 2.24) is 15.0 Å². The number of rotatable bonds is 4. The molecule has 1 fully saturated rings. The molecule has 7 heteroatoms. The second-order valence-electron chi connectivity index (χ2n) is 5.52. The van der Waals surface area contributed by atoms with E-state index in [2.05, 4.69) is 10.1 Å². The molecule has 1 amide bonds. The molecule has 0 unspecified atom stereocenters. The molecule has 1 aliphatic heterocycles. The number of hydrogen-bond donors (Lipinski definition) is 0. The molecule has 0 bridgehead atoms. The smallest absolute Gasteiger partial charge is 0.267 e. The third-order valence-corrected chi connectivity index (χ3v) is 5.72. The Kier molecular flexibility index (Phi) is 3.97. The van der Waals surface area contributed by atoms with Crippen LogP contribution >= 0.6 is 22.7 Å². The largest absolute Gasteiger partial charge is 0.342 e. The Hall–Kier alpha value is -1.99. The van der Waals surface area contributed by atoms with Crippen molar-refractivity contribution in [2.24, 2.45) is 0 Å². The molecule has 0 saturated carbocycles. The van der Waals surface area contributed by atoms with Crippen LogP contribution in [0.4, 0.5) is 0 Å². The summed E-state index contributed by atoms with van der Waals surface area (Å²) in [6.07, 6.45) is 1.37. The summed E-state index contributed by atoms with van der Waals surface area (Å²) in [6.45, 7) is 1.44. The molecule has 3 aromatic heterocycles. The average molecular weight is 345 g/mol. The molecule has 118 valence electrons. The molecule has 23 heavy (non-hydrogen) atoms. The van der Waals surface area contributed by atoms with Gasteiger partial charge in [0.1, 0.15) is 0 Å². The fourth-order valence-electron chi connectivity index (χ4n) is 2.77. The van der Waals surface area contributed by atoms with Crippen molar-refractivity contribution in [3.63, 3.8) is 0 Å². The van der Waals surface area contributed by atoms with Crippen LogP contribution in [-0.2, 0) is 11.2 Å². The Labute approximate surface area is 141 Å². The van der Waals surface area contributed by atoms with Crippen LogP contribution in [0.3, 0.4) is 0 Å². The summed E-state index contributed by atoms with van der Waals surface area (Å²) in [4.78, 5) is 20.8. The average Bonchev–Trinajstić information content (AvgIpc) is 3.30. The molecule has 4 heterocycles. The van der Waals surface area contributed by atoms with E-state index in [9.17, 15) is 4.79 Å². The van der Waals surface area contributed by atoms with Gasteiger partial charge in [-0.05, 0) is 29.3 Å². The molecular formula is C16H15N3O2S2. The standard InChI is InChI=1S/C16H15N3O2S2/c20-14(9-12-3-1-7-22-12)19-6-5-11(10-19)15-17-16(21-18-15)13-4-2-8-23-13/h1-4,7-8,11H,5-6,9-10H2/t11-/m1/s1. The van der Waals surface area contributed by atoms with Crippen LogP contribution in [0.15, 0.2) is 39.5 Å². The van der Waals surface area contributed by atoms with Crippen LogP contribution in [0.1, 0.15) is 23.0 Å². The van der Waals surface area contributed by atoms with Gasteiger partial charge < -0.3 is 9.42 Å². The van der Waals surface area contributed by atoms with Crippen LogP contribution in [0, 0.1) is 0 Å². The van der Waals surface area contributed by atoms with Crippen molar-refractivity contribution in [3.05, 3.63) is 45.7 Å². The summed E-state index contributed by atoms with van der Waals surface area (Å²) in [5.41, 5.74) is 0. The Balaban J connectivity index is 1.41. The minimum atomic E-state index is 0.166. The zero-order valence-corrected chi connectivity index (χ0v) is 14.0. The molecule has 0 aliphatic carbocycles. The Morgan fingerprint density at radius 1 is 1.30 bits per heavy atom. The Morgan fingerprint density at radius 2 is 2.17 bits per heavy atom. The third kappa shape index (κ3) is 3.07. The first-order valence-corrected chi connectivity index (χ1v) is 9.23. The monoisotopic (exact) mass is 345 g/mol. The number of nitrogens with zero attached hydrogens (tertiary/aromatic N) is 3. The summed E-state index contributed by atoms with van der Waals surface area (Å²) in [5.74, 6) is 1.62. The molecule has 5 nitrogen and oxygen atoms in total. The number of carbonyl (C=O) groups excluding carboxylic acids is 1. The Morgan fingerprint density at radius 3 is 2.96 bits per heavy atom. The second-order valence-corrected chi connectivity index (χ2v) is 7.50. The minimum absolute atomic E-state index is 0.166. The van der Waals surface area contributed by atoms with Crippen LogP contribution in [-0.4, -0.2) is 34.0 Å². The van der Waals surface area contributed by atoms with Gasteiger partial charge in [0.25, 0.3) is 5.89 Å². The van der Waals surface area contributed by atoms with Crippen molar-refractivity contribution in [2.75, 3.05) is 13.1 Å². The minimum Gasteiger partial charge on any atom is -0.342 e. The van der Waals surface area contributed by atoms with Gasteiger partial charge in [-0.2, -0.15) is 4.98 Å². The number of carbonyl (C=O) groups is 1. The van der Waals surface area contributed by atoms with Gasteiger partial charge >= 0.3 is 0 Å². The van der Waals surface area contributed by atoms with Crippen molar-refractivity contribution < 1.29 is 9.32 Å². The normalized spacial score (nSPS) is 17.7. The third-order valence-electron chi connectivity index (χ3n) is 3.99. The predicted octanol–water partition coefficient (Wildman–Crippen LogP) is 3.42. The van der Waals surface area contributed by atoms with Crippen LogP contribution in [0.25, 0.3) is 10.8 Å². The molecule has 1 aliphatic rings. The lowest BCUT2D eigenvalue weighted by Gasteiger charge is -2.15. The molecule has 3 aromatic rings. The highest BCUT2D eigenvalue weighted by Gasteiger charge is 2.30. The SMILES string of the molecule is O=C(Cc1cccs1)N1CC[C@@H](c2noc(-c3cccs3)n2)C1. The van der Waals surface area contributed by atoms with Gasteiger partial charge in [0, 0.05) is 23.9 Å². The second kappa shape index (κ2) is 6.25. The Bertz CT molecular complexity index is 780. The molecule has 0 aromatic carbocycles. The van der Waals surface area contributed by atoms with Gasteiger partial charge in [0.15, 0.2) is 5.82 Å². The molecular weight excluding hydrogens is 330 g/mol. The van der Waals surface area contributed by atoms with Gasteiger partial charge in [0.05, 0.1) is 11.3 Å². The molecule has 0 N–H and O–H groups in total. The zero-order valence-electron chi connectivity index (χ0n) is 12.3. The van der Waals surface area contributed by atoms with E-state index in [-0.39, 0.29) is 11.8 Å². The zero-order chi connectivity index (χ0) is 15.6. The number of likely N-dealkylation sites (tertiary alicyclic amines) is 1. The van der Waals surface area contributed by atoms with Crippen LogP contribution in [0.2, 0.25) is 0 Å². The fraction of sp³-hybridized carbons (Fsp3) is 0.312. The topological polar surface area (TPSA) is 59.2 Å². The first kappa shape index (κ1) is 14.6. The molecule has 0 spiro atoms. The highest BCUT2D eigenvalue weighted by atomic mass is 32.1. The highest BCUT2D eigenvalue weighted by molar-refractivity contribution is 7.13. The maximum atomic E-state index is 12.4. The maximum Gasteiger partial charge on any atom is 0.267 e. The van der Waals surface area contributed by atoms with Crippen molar-refractivity contribution in [2.45, 2.75) is 18.8 Å². The summed E-state index contributed by atoms with van der Waals surface area (Å²) < 4.78 is 5.35. The van der Waals surface area contributed by atoms with E-state index < -0.39 is 0 Å². The number of aromatic nitrogens is 2. The first-order chi connectivity index (χ1) is 11.3. The van der Waals surface area contributed by atoms with Crippen LogP contribution in [0.5, 0.6) is 0 Å². The van der Waals surface area contributed by atoms with Gasteiger partial charge in [-0.25, -0.2) is 0 Å². The highest BCUT2D eigenvalue weighted by Crippen LogP contribution is 2.29. The fourth-order valence-corrected chi connectivity index (χ4v) is 4.11. The number of hydrogen-bond acceptors (Lipinski definition) is 6. The molecule has 4 rings (SSSR count). The van der Waals surface area contributed by atoms with Gasteiger partial charge in [-0.15, -0.1) is 22.7 Å². The predicted molar refractivity (Wildman–Crippen MR) is 89.6 cm³/mol.